The van der Waals surface area contributed by atoms with Gasteiger partial charge in [-0.2, -0.15) is 0 Å². The van der Waals surface area contributed by atoms with Gasteiger partial charge in [0.2, 0.25) is 0 Å². The zero-order valence-electron chi connectivity index (χ0n) is 7.74. The highest BCUT2D eigenvalue weighted by Gasteiger charge is 1.96. The third-order valence-corrected chi connectivity index (χ3v) is 2.42. The van der Waals surface area contributed by atoms with E-state index in [2.05, 4.69) is 15.8 Å². The predicted octanol–water partition coefficient (Wildman–Crippen LogP) is 1.89. The normalized spacial score (nSPS) is 12.5. The molecule has 0 saturated carbocycles. The smallest absolute Gasteiger partial charge is 0.261 e. The Morgan fingerprint density at radius 1 is 1.38 bits per heavy atom. The lowest BCUT2D eigenvalue weighted by atomic mass is 10.2. The van der Waals surface area contributed by atoms with Crippen LogP contribution in [0, 0.1) is 0 Å². The third kappa shape index (κ3) is 3.16. The number of anilines is 1. The predicted molar refractivity (Wildman–Crippen MR) is 54.6 cm³/mol. The van der Waals surface area contributed by atoms with Crippen LogP contribution >= 0.6 is 0 Å². The molecule has 1 rings (SSSR count). The van der Waals surface area contributed by atoms with Gasteiger partial charge in [-0.1, -0.05) is 19.1 Å². The minimum absolute atomic E-state index is 0.803. The molecule has 1 aromatic carbocycles. The van der Waals surface area contributed by atoms with Gasteiger partial charge >= 0.3 is 0 Å². The molecule has 0 aliphatic carbocycles. The molecule has 0 radical (unpaired) electrons. The highest BCUT2D eigenvalue weighted by atomic mass is 32.2. The van der Waals surface area contributed by atoms with Crippen LogP contribution in [0.3, 0.4) is 0 Å². The number of rotatable bonds is 4. The Labute approximate surface area is 80.9 Å². The number of hydrogen-bond donors (Lipinski definition) is 1. The first-order chi connectivity index (χ1) is 6.26. The largest absolute Gasteiger partial charge is 0.282 e. The summed E-state index contributed by atoms with van der Waals surface area (Å²) in [5.41, 5.74) is 2.06. The Kier molecular flexibility index (Phi) is 3.92. The van der Waals surface area contributed by atoms with Crippen molar-refractivity contribution in [2.75, 3.05) is 11.8 Å². The molecule has 0 aliphatic rings. The van der Waals surface area contributed by atoms with Crippen LogP contribution in [0.5, 0.6) is 0 Å². The molecule has 1 N–H and O–H groups in total. The lowest BCUT2D eigenvalue weighted by Crippen LogP contribution is -2.05. The first-order valence-electron chi connectivity index (χ1n) is 4.08. The molecule has 1 unspecified atom stereocenters. The molecule has 1 aromatic rings. The van der Waals surface area contributed by atoms with Gasteiger partial charge in [0, 0.05) is 5.69 Å². The van der Waals surface area contributed by atoms with Crippen molar-refractivity contribution in [3.8, 4) is 0 Å². The van der Waals surface area contributed by atoms with E-state index in [0.29, 0.717) is 0 Å². The van der Waals surface area contributed by atoms with Gasteiger partial charge in [-0.15, -0.1) is 0 Å². The molecule has 0 bridgehead atoms. The summed E-state index contributed by atoms with van der Waals surface area (Å²) >= 11 is -1.44. The second kappa shape index (κ2) is 4.99. The van der Waals surface area contributed by atoms with E-state index in [1.807, 2.05) is 24.3 Å². The number of aryl methyl sites for hydroxylation is 1. The Morgan fingerprint density at radius 2 is 2.00 bits per heavy atom. The summed E-state index contributed by atoms with van der Waals surface area (Å²) in [6.07, 6.45) is 1.01. The molecule has 0 fully saturated rings. The zero-order chi connectivity index (χ0) is 9.68. The van der Waals surface area contributed by atoms with Crippen molar-refractivity contribution in [1.82, 2.24) is 0 Å². The van der Waals surface area contributed by atoms with Crippen molar-refractivity contribution in [3.63, 3.8) is 0 Å². The SMILES string of the molecule is CCc1ccc(NS(=O)OC)cc1. The molecule has 1 atom stereocenters. The summed E-state index contributed by atoms with van der Waals surface area (Å²) in [6, 6.07) is 7.76. The van der Waals surface area contributed by atoms with E-state index < -0.39 is 11.3 Å². The van der Waals surface area contributed by atoms with Gasteiger partial charge in [-0.25, -0.2) is 4.21 Å². The van der Waals surface area contributed by atoms with E-state index >= 15 is 0 Å². The molecule has 0 saturated heterocycles. The van der Waals surface area contributed by atoms with E-state index in [-0.39, 0.29) is 0 Å². The fourth-order valence-corrected chi connectivity index (χ4v) is 1.36. The maximum Gasteiger partial charge on any atom is 0.261 e. The lowest BCUT2D eigenvalue weighted by Gasteiger charge is -2.03. The third-order valence-electron chi connectivity index (χ3n) is 1.71. The van der Waals surface area contributed by atoms with E-state index in [1.54, 1.807) is 0 Å². The van der Waals surface area contributed by atoms with Crippen molar-refractivity contribution in [2.24, 2.45) is 0 Å². The minimum atomic E-state index is -1.44. The highest BCUT2D eigenvalue weighted by molar-refractivity contribution is 7.81. The van der Waals surface area contributed by atoms with Gasteiger partial charge in [-0.3, -0.25) is 8.91 Å². The maximum atomic E-state index is 10.9. The van der Waals surface area contributed by atoms with Gasteiger partial charge in [0.15, 0.2) is 0 Å². The van der Waals surface area contributed by atoms with E-state index in [0.717, 1.165) is 12.1 Å². The molecule has 4 heteroatoms. The molecule has 0 aliphatic heterocycles. The van der Waals surface area contributed by atoms with E-state index in [4.69, 9.17) is 0 Å². The van der Waals surface area contributed by atoms with Crippen LogP contribution in [0.15, 0.2) is 24.3 Å². The van der Waals surface area contributed by atoms with Gasteiger partial charge in [0.1, 0.15) is 0 Å². The van der Waals surface area contributed by atoms with Crippen LogP contribution in [0.4, 0.5) is 5.69 Å². The maximum absolute atomic E-state index is 10.9. The average molecular weight is 199 g/mol. The molecule has 0 amide bonds. The number of hydrogen-bond acceptors (Lipinski definition) is 2. The first kappa shape index (κ1) is 10.2. The molecule has 72 valence electrons. The Bertz CT molecular complexity index is 284. The van der Waals surface area contributed by atoms with Crippen LogP contribution < -0.4 is 4.72 Å². The summed E-state index contributed by atoms with van der Waals surface area (Å²) in [6.45, 7) is 2.09. The van der Waals surface area contributed by atoms with Crippen LogP contribution in [0.2, 0.25) is 0 Å². The van der Waals surface area contributed by atoms with Crippen LogP contribution in [-0.2, 0) is 21.9 Å². The van der Waals surface area contributed by atoms with Crippen LogP contribution in [-0.4, -0.2) is 11.3 Å². The van der Waals surface area contributed by atoms with Crippen LogP contribution in [0.1, 0.15) is 12.5 Å². The van der Waals surface area contributed by atoms with Crippen LogP contribution in [0.25, 0.3) is 0 Å². The second-order valence-corrected chi connectivity index (χ2v) is 3.56. The molecule has 0 aromatic heterocycles. The fraction of sp³-hybridized carbons (Fsp3) is 0.333. The monoisotopic (exact) mass is 199 g/mol. The summed E-state index contributed by atoms with van der Waals surface area (Å²) in [5.74, 6) is 0. The highest BCUT2D eigenvalue weighted by Crippen LogP contribution is 2.10. The van der Waals surface area contributed by atoms with E-state index in [9.17, 15) is 4.21 Å². The Morgan fingerprint density at radius 3 is 2.46 bits per heavy atom. The van der Waals surface area contributed by atoms with Gasteiger partial charge in [0.05, 0.1) is 7.11 Å². The summed E-state index contributed by atoms with van der Waals surface area (Å²) in [7, 11) is 1.39. The number of benzene rings is 1. The van der Waals surface area contributed by atoms with Crippen molar-refractivity contribution in [3.05, 3.63) is 29.8 Å². The minimum Gasteiger partial charge on any atom is -0.282 e. The second-order valence-electron chi connectivity index (χ2n) is 2.55. The Hall–Kier alpha value is -0.870. The standard InChI is InChI=1S/C9H13NO2S/c1-3-8-4-6-9(7-5-8)10-13(11)12-2/h4-7,10H,3H2,1-2H3. The molecular formula is C9H13NO2S. The average Bonchev–Trinajstić information content (AvgIpc) is 2.19. The van der Waals surface area contributed by atoms with Crippen molar-refractivity contribution < 1.29 is 8.39 Å². The Balaban J connectivity index is 2.64. The van der Waals surface area contributed by atoms with Crippen molar-refractivity contribution >= 4 is 17.0 Å². The zero-order valence-corrected chi connectivity index (χ0v) is 8.56. The summed E-state index contributed by atoms with van der Waals surface area (Å²) < 4.78 is 18.2. The summed E-state index contributed by atoms with van der Waals surface area (Å²) in [4.78, 5) is 0. The topological polar surface area (TPSA) is 38.3 Å². The van der Waals surface area contributed by atoms with Gasteiger partial charge < -0.3 is 0 Å². The molecular weight excluding hydrogens is 186 g/mol. The van der Waals surface area contributed by atoms with Gasteiger partial charge in [-0.05, 0) is 24.1 Å². The molecule has 0 spiro atoms. The van der Waals surface area contributed by atoms with Gasteiger partial charge in [0.25, 0.3) is 11.3 Å². The molecule has 13 heavy (non-hydrogen) atoms. The fourth-order valence-electron chi connectivity index (χ4n) is 0.946. The molecule has 3 nitrogen and oxygen atoms in total. The van der Waals surface area contributed by atoms with Crippen molar-refractivity contribution in [1.29, 1.82) is 0 Å². The summed E-state index contributed by atoms with van der Waals surface area (Å²) in [5, 5.41) is 0. The first-order valence-corrected chi connectivity index (χ1v) is 5.15. The quantitative estimate of drug-likeness (QED) is 0.804. The number of nitrogens with one attached hydrogen (secondary N) is 1. The van der Waals surface area contributed by atoms with Crippen molar-refractivity contribution in [2.45, 2.75) is 13.3 Å². The molecule has 0 heterocycles. The lowest BCUT2D eigenvalue weighted by molar-refractivity contribution is 0.449. The van der Waals surface area contributed by atoms with E-state index in [1.165, 1.54) is 12.7 Å².